The molecule has 1 aliphatic rings. The van der Waals surface area contributed by atoms with Crippen molar-refractivity contribution in [1.29, 1.82) is 0 Å². The average Bonchev–Trinajstić information content (AvgIpc) is 3.18. The van der Waals surface area contributed by atoms with E-state index >= 15 is 0 Å². The van der Waals surface area contributed by atoms with E-state index in [1.54, 1.807) is 20.2 Å². The summed E-state index contributed by atoms with van der Waals surface area (Å²) in [6, 6.07) is 4.51. The lowest BCUT2D eigenvalue weighted by Crippen LogP contribution is -2.35. The first-order chi connectivity index (χ1) is 15.7. The second-order valence-corrected chi connectivity index (χ2v) is 8.52. The maximum Gasteiger partial charge on any atom is 0.410 e. The lowest BCUT2D eigenvalue weighted by Gasteiger charge is -2.27. The number of aromatic nitrogens is 3. The van der Waals surface area contributed by atoms with Crippen LogP contribution in [0.15, 0.2) is 18.2 Å². The standard InChI is InChI=1S/C23H31FN4O5/c1-5-14(2)27(3)23(31)32-13-19-21(25-26-28(19)4)15-9-10-20(18(24)12-15)33-17-8-6-7-16(11-17)22(29)30/h9-10,12,14,16-17H,5-8,11,13H2,1-4H3,(H,29,30)/t14?,16-,17-/m0/s1. The highest BCUT2D eigenvalue weighted by molar-refractivity contribution is 5.70. The van der Waals surface area contributed by atoms with Crippen LogP contribution in [0, 0.1) is 11.7 Å². The van der Waals surface area contributed by atoms with Crippen LogP contribution in [0.25, 0.3) is 11.3 Å². The van der Waals surface area contributed by atoms with E-state index in [9.17, 15) is 19.1 Å². The first kappa shape index (κ1) is 24.5. The molecule has 9 nitrogen and oxygen atoms in total. The Hall–Kier alpha value is -3.17. The molecule has 180 valence electrons. The van der Waals surface area contributed by atoms with Crippen molar-refractivity contribution in [3.63, 3.8) is 0 Å². The fourth-order valence-corrected chi connectivity index (χ4v) is 3.85. The van der Waals surface area contributed by atoms with Gasteiger partial charge in [-0.05, 0) is 57.2 Å². The Balaban J connectivity index is 1.71. The molecule has 1 aliphatic carbocycles. The van der Waals surface area contributed by atoms with E-state index in [1.165, 1.54) is 21.7 Å². The van der Waals surface area contributed by atoms with E-state index in [0.29, 0.717) is 36.2 Å². The molecule has 1 fully saturated rings. The van der Waals surface area contributed by atoms with Crippen molar-refractivity contribution in [3.8, 4) is 17.0 Å². The Bertz CT molecular complexity index is 995. The number of amides is 1. The first-order valence-electron chi connectivity index (χ1n) is 11.2. The molecule has 1 unspecified atom stereocenters. The van der Waals surface area contributed by atoms with Crippen LogP contribution in [0.4, 0.5) is 9.18 Å². The number of carboxylic acid groups (broad SMARTS) is 1. The Morgan fingerprint density at radius 1 is 1.36 bits per heavy atom. The fourth-order valence-electron chi connectivity index (χ4n) is 3.85. The van der Waals surface area contributed by atoms with Gasteiger partial charge in [0.2, 0.25) is 0 Å². The maximum atomic E-state index is 14.8. The summed E-state index contributed by atoms with van der Waals surface area (Å²) in [4.78, 5) is 25.1. The summed E-state index contributed by atoms with van der Waals surface area (Å²) in [6.45, 7) is 3.86. The van der Waals surface area contributed by atoms with Crippen molar-refractivity contribution in [2.24, 2.45) is 13.0 Å². The largest absolute Gasteiger partial charge is 0.487 e. The Labute approximate surface area is 192 Å². The summed E-state index contributed by atoms with van der Waals surface area (Å²) in [5.74, 6) is -1.81. The predicted molar refractivity (Wildman–Crippen MR) is 118 cm³/mol. The number of carboxylic acids is 1. The highest BCUT2D eigenvalue weighted by Crippen LogP contribution is 2.31. The summed E-state index contributed by atoms with van der Waals surface area (Å²) in [7, 11) is 3.35. The van der Waals surface area contributed by atoms with Crippen LogP contribution in [0.5, 0.6) is 5.75 Å². The predicted octanol–water partition coefficient (Wildman–Crippen LogP) is 4.01. The van der Waals surface area contributed by atoms with E-state index in [0.717, 1.165) is 12.8 Å². The molecule has 10 heteroatoms. The molecule has 0 radical (unpaired) electrons. The summed E-state index contributed by atoms with van der Waals surface area (Å²) < 4.78 is 27.5. The zero-order chi connectivity index (χ0) is 24.1. The van der Waals surface area contributed by atoms with E-state index in [2.05, 4.69) is 10.3 Å². The van der Waals surface area contributed by atoms with E-state index in [1.807, 2.05) is 13.8 Å². The summed E-state index contributed by atoms with van der Waals surface area (Å²) in [5, 5.41) is 17.3. The molecule has 1 aromatic heterocycles. The second-order valence-electron chi connectivity index (χ2n) is 8.52. The molecule has 1 N–H and O–H groups in total. The van der Waals surface area contributed by atoms with Gasteiger partial charge in [0.15, 0.2) is 11.6 Å². The molecule has 1 amide bonds. The van der Waals surface area contributed by atoms with Crippen molar-refractivity contribution < 1.29 is 28.6 Å². The van der Waals surface area contributed by atoms with Gasteiger partial charge in [-0.25, -0.2) is 13.9 Å². The minimum atomic E-state index is -0.842. The van der Waals surface area contributed by atoms with Gasteiger partial charge in [-0.15, -0.1) is 5.10 Å². The van der Waals surface area contributed by atoms with Gasteiger partial charge in [0, 0.05) is 25.7 Å². The van der Waals surface area contributed by atoms with Crippen molar-refractivity contribution in [2.75, 3.05) is 7.05 Å². The number of hydrogen-bond acceptors (Lipinski definition) is 6. The minimum Gasteiger partial charge on any atom is -0.487 e. The molecule has 3 atom stereocenters. The summed E-state index contributed by atoms with van der Waals surface area (Å²) in [5.41, 5.74) is 1.41. The molecule has 0 aliphatic heterocycles. The minimum absolute atomic E-state index is 0.0400. The number of halogens is 1. The quantitative estimate of drug-likeness (QED) is 0.632. The molecule has 33 heavy (non-hydrogen) atoms. The molecule has 0 spiro atoms. The zero-order valence-corrected chi connectivity index (χ0v) is 19.5. The molecule has 1 heterocycles. The molecule has 1 saturated carbocycles. The summed E-state index contributed by atoms with van der Waals surface area (Å²) >= 11 is 0. The molecule has 0 bridgehead atoms. The topological polar surface area (TPSA) is 107 Å². The first-order valence-corrected chi connectivity index (χ1v) is 11.2. The lowest BCUT2D eigenvalue weighted by molar-refractivity contribution is -0.143. The van der Waals surface area contributed by atoms with Gasteiger partial charge >= 0.3 is 12.1 Å². The van der Waals surface area contributed by atoms with Crippen LogP contribution in [-0.4, -0.2) is 56.3 Å². The Morgan fingerprint density at radius 3 is 2.79 bits per heavy atom. The van der Waals surface area contributed by atoms with Crippen LogP contribution in [-0.2, 0) is 23.2 Å². The zero-order valence-electron chi connectivity index (χ0n) is 19.5. The van der Waals surface area contributed by atoms with E-state index in [-0.39, 0.29) is 24.5 Å². The summed E-state index contributed by atoms with van der Waals surface area (Å²) in [6.07, 6.45) is 2.40. The Kier molecular flexibility index (Phi) is 7.88. The fraction of sp³-hybridized carbons (Fsp3) is 0.565. The number of aryl methyl sites for hydroxylation is 1. The smallest absolute Gasteiger partial charge is 0.410 e. The van der Waals surface area contributed by atoms with Crippen molar-refractivity contribution >= 4 is 12.1 Å². The van der Waals surface area contributed by atoms with E-state index < -0.39 is 23.8 Å². The van der Waals surface area contributed by atoms with Gasteiger partial charge in [0.05, 0.1) is 12.0 Å². The van der Waals surface area contributed by atoms with Crippen LogP contribution >= 0.6 is 0 Å². The normalized spacial score (nSPS) is 19.1. The monoisotopic (exact) mass is 462 g/mol. The number of carbonyl (C=O) groups is 2. The highest BCUT2D eigenvalue weighted by atomic mass is 19.1. The molecule has 2 aromatic rings. The average molecular weight is 463 g/mol. The van der Waals surface area contributed by atoms with Gasteiger partial charge in [0.1, 0.15) is 18.0 Å². The third-order valence-electron chi connectivity index (χ3n) is 6.29. The third-order valence-corrected chi connectivity index (χ3v) is 6.29. The van der Waals surface area contributed by atoms with Crippen molar-refractivity contribution in [3.05, 3.63) is 29.7 Å². The number of aliphatic carboxylic acids is 1. The van der Waals surface area contributed by atoms with Crippen LogP contribution in [0.3, 0.4) is 0 Å². The molecule has 1 aromatic carbocycles. The van der Waals surface area contributed by atoms with Gasteiger partial charge in [-0.2, -0.15) is 0 Å². The molecule has 0 saturated heterocycles. The number of benzene rings is 1. The van der Waals surface area contributed by atoms with Gasteiger partial charge in [0.25, 0.3) is 0 Å². The number of carbonyl (C=O) groups excluding carboxylic acids is 1. The Morgan fingerprint density at radius 2 is 2.12 bits per heavy atom. The van der Waals surface area contributed by atoms with Crippen molar-refractivity contribution in [2.45, 2.75) is 64.7 Å². The highest BCUT2D eigenvalue weighted by Gasteiger charge is 2.29. The molecular formula is C23H31FN4O5. The number of hydrogen-bond donors (Lipinski definition) is 1. The van der Waals surface area contributed by atoms with Crippen LogP contribution < -0.4 is 4.74 Å². The van der Waals surface area contributed by atoms with Crippen LogP contribution in [0.1, 0.15) is 51.6 Å². The van der Waals surface area contributed by atoms with E-state index in [4.69, 9.17) is 9.47 Å². The van der Waals surface area contributed by atoms with Gasteiger partial charge < -0.3 is 19.5 Å². The number of nitrogens with zero attached hydrogens (tertiary/aromatic N) is 4. The molecule has 3 rings (SSSR count). The second kappa shape index (κ2) is 10.6. The number of ether oxygens (including phenoxy) is 2. The molecular weight excluding hydrogens is 431 g/mol. The number of rotatable bonds is 8. The van der Waals surface area contributed by atoms with Crippen LogP contribution in [0.2, 0.25) is 0 Å². The SMILES string of the molecule is CCC(C)N(C)C(=O)OCc1c(-c2ccc(O[C@H]3CCC[C@H](C(=O)O)C3)c(F)c2)nnn1C. The maximum absolute atomic E-state index is 14.8. The van der Waals surface area contributed by atoms with Crippen molar-refractivity contribution in [1.82, 2.24) is 19.9 Å². The van der Waals surface area contributed by atoms with Gasteiger partial charge in [-0.3, -0.25) is 4.79 Å². The lowest BCUT2D eigenvalue weighted by atomic mass is 9.87. The third kappa shape index (κ3) is 5.80. The van der Waals surface area contributed by atoms with Gasteiger partial charge in [-0.1, -0.05) is 12.1 Å².